The van der Waals surface area contributed by atoms with E-state index < -0.39 is 20.9 Å². The number of benzene rings is 1. The Bertz CT molecular complexity index is 1340. The molecule has 3 aromatic rings. The largest absolute Gasteiger partial charge is 0.316 e. The predicted molar refractivity (Wildman–Crippen MR) is 131 cm³/mol. The molecule has 4 rings (SSSR count). The summed E-state index contributed by atoms with van der Waals surface area (Å²) in [5.41, 5.74) is 0.775. The molecule has 1 aliphatic rings. The molecule has 1 fully saturated rings. The van der Waals surface area contributed by atoms with Gasteiger partial charge in [0, 0.05) is 37.5 Å². The third-order valence-electron chi connectivity index (χ3n) is 5.42. The van der Waals surface area contributed by atoms with Gasteiger partial charge in [-0.1, -0.05) is 17.4 Å². The van der Waals surface area contributed by atoms with Crippen LogP contribution in [0.5, 0.6) is 0 Å². The maximum Gasteiger partial charge on any atom is 0.270 e. The smallest absolute Gasteiger partial charge is 0.270 e. The second-order valence-corrected chi connectivity index (χ2v) is 12.6. The Hall–Kier alpha value is -2.06. The van der Waals surface area contributed by atoms with Gasteiger partial charge < -0.3 is 4.57 Å². The first-order valence-electron chi connectivity index (χ1n) is 10.2. The molecule has 2 aromatic heterocycles. The number of fused-ring (bicyclic) bond motifs is 1. The summed E-state index contributed by atoms with van der Waals surface area (Å²) < 4.78 is 30.0. The van der Waals surface area contributed by atoms with E-state index in [0.29, 0.717) is 35.4 Å². The number of thioether (sulfide) groups is 1. The third kappa shape index (κ3) is 5.06. The Labute approximate surface area is 203 Å². The highest BCUT2D eigenvalue weighted by molar-refractivity contribution is 7.98. The third-order valence-corrected chi connectivity index (χ3v) is 10.3. The van der Waals surface area contributed by atoms with Gasteiger partial charge in [0.25, 0.3) is 21.6 Å². The van der Waals surface area contributed by atoms with Crippen molar-refractivity contribution in [2.45, 2.75) is 23.6 Å². The SMILES string of the molecule is CSCCn1c(=NC(=O)C2CCCN(S(=O)(=O)c3cccs3)C2)sc2cc([N+](=O)[O-])ccc21. The Kier molecular flexibility index (Phi) is 7.34. The van der Waals surface area contributed by atoms with Gasteiger partial charge in [0.1, 0.15) is 4.21 Å². The van der Waals surface area contributed by atoms with E-state index in [1.807, 2.05) is 10.8 Å². The molecule has 33 heavy (non-hydrogen) atoms. The van der Waals surface area contributed by atoms with Crippen molar-refractivity contribution in [2.24, 2.45) is 10.9 Å². The van der Waals surface area contributed by atoms with Gasteiger partial charge >= 0.3 is 0 Å². The van der Waals surface area contributed by atoms with E-state index in [2.05, 4.69) is 4.99 Å². The minimum absolute atomic E-state index is 0.0136. The molecule has 9 nitrogen and oxygen atoms in total. The average molecular weight is 527 g/mol. The average Bonchev–Trinajstić information content (AvgIpc) is 3.46. The number of aryl methyl sites for hydroxylation is 1. The summed E-state index contributed by atoms with van der Waals surface area (Å²) in [6, 6.07) is 7.89. The fourth-order valence-corrected chi connectivity index (χ4v) is 7.87. The van der Waals surface area contributed by atoms with Gasteiger partial charge in [-0.15, -0.1) is 11.3 Å². The topological polar surface area (TPSA) is 115 Å². The zero-order valence-electron chi connectivity index (χ0n) is 17.7. The number of nitro benzene ring substituents is 1. The number of thiazole rings is 1. The monoisotopic (exact) mass is 526 g/mol. The van der Waals surface area contributed by atoms with E-state index in [4.69, 9.17) is 0 Å². The highest BCUT2D eigenvalue weighted by atomic mass is 32.2. The summed E-state index contributed by atoms with van der Waals surface area (Å²) in [5, 5.41) is 12.9. The number of carbonyl (C=O) groups excluding carboxylic acids is 1. The molecule has 1 aromatic carbocycles. The number of piperidine rings is 1. The Balaban J connectivity index is 1.65. The van der Waals surface area contributed by atoms with E-state index in [9.17, 15) is 23.3 Å². The number of non-ortho nitro benzene ring substituents is 1. The molecule has 0 N–H and O–H groups in total. The van der Waals surface area contributed by atoms with Crippen LogP contribution in [0.4, 0.5) is 5.69 Å². The van der Waals surface area contributed by atoms with Crippen molar-refractivity contribution in [3.05, 3.63) is 50.6 Å². The number of nitro groups is 1. The van der Waals surface area contributed by atoms with Gasteiger partial charge in [0.15, 0.2) is 4.80 Å². The number of amides is 1. The quantitative estimate of drug-likeness (QED) is 0.343. The second-order valence-electron chi connectivity index (χ2n) is 7.52. The van der Waals surface area contributed by atoms with Crippen LogP contribution in [0, 0.1) is 16.0 Å². The van der Waals surface area contributed by atoms with Crippen LogP contribution >= 0.6 is 34.4 Å². The molecule has 176 valence electrons. The molecule has 0 aliphatic carbocycles. The molecule has 0 bridgehead atoms. The number of thiophene rings is 1. The Morgan fingerprint density at radius 1 is 1.36 bits per heavy atom. The lowest BCUT2D eigenvalue weighted by atomic mass is 9.99. The van der Waals surface area contributed by atoms with Crippen molar-refractivity contribution in [3.63, 3.8) is 0 Å². The van der Waals surface area contributed by atoms with Crippen LogP contribution in [0.3, 0.4) is 0 Å². The maximum absolute atomic E-state index is 13.1. The number of sulfonamides is 1. The standard InChI is InChI=1S/C20H22N4O5S4/c1-30-11-9-23-16-7-6-15(24(26)27)12-17(16)32-20(23)21-19(25)14-4-2-8-22(13-14)33(28,29)18-5-3-10-31-18/h3,5-7,10,12,14H,2,4,8-9,11,13H2,1H3. The van der Waals surface area contributed by atoms with Crippen LogP contribution in [-0.4, -0.2) is 53.2 Å². The molecule has 1 unspecified atom stereocenters. The predicted octanol–water partition coefficient (Wildman–Crippen LogP) is 3.56. The van der Waals surface area contributed by atoms with Crippen LogP contribution in [-0.2, 0) is 21.4 Å². The molecule has 1 aliphatic heterocycles. The molecule has 3 heterocycles. The van der Waals surface area contributed by atoms with Gasteiger partial charge in [0.2, 0.25) is 0 Å². The van der Waals surface area contributed by atoms with Gasteiger partial charge in [-0.05, 0) is 36.6 Å². The molecule has 0 radical (unpaired) electrons. The molecule has 1 atom stereocenters. The Morgan fingerprint density at radius 2 is 2.18 bits per heavy atom. The van der Waals surface area contributed by atoms with Gasteiger partial charge in [-0.25, -0.2) is 8.42 Å². The fourth-order valence-electron chi connectivity index (χ4n) is 3.74. The highest BCUT2D eigenvalue weighted by Gasteiger charge is 2.33. The number of hydrogen-bond donors (Lipinski definition) is 0. The molecular formula is C20H22N4O5S4. The number of aromatic nitrogens is 1. The van der Waals surface area contributed by atoms with E-state index in [0.717, 1.165) is 22.6 Å². The summed E-state index contributed by atoms with van der Waals surface area (Å²) in [6.07, 6.45) is 3.13. The summed E-state index contributed by atoms with van der Waals surface area (Å²) in [7, 11) is -3.62. The van der Waals surface area contributed by atoms with Crippen molar-refractivity contribution < 1.29 is 18.1 Å². The van der Waals surface area contributed by atoms with Gasteiger partial charge in [0.05, 0.1) is 21.1 Å². The lowest BCUT2D eigenvalue weighted by molar-refractivity contribution is -0.384. The normalized spacial score (nSPS) is 18.1. The van der Waals surface area contributed by atoms with Crippen molar-refractivity contribution >= 4 is 66.3 Å². The lowest BCUT2D eigenvalue weighted by Gasteiger charge is -2.29. The maximum atomic E-state index is 13.1. The van der Waals surface area contributed by atoms with Crippen LogP contribution in [0.2, 0.25) is 0 Å². The molecule has 0 saturated carbocycles. The van der Waals surface area contributed by atoms with Crippen molar-refractivity contribution in [1.82, 2.24) is 8.87 Å². The zero-order valence-corrected chi connectivity index (χ0v) is 21.0. The number of hydrogen-bond acceptors (Lipinski definition) is 8. The van der Waals surface area contributed by atoms with E-state index >= 15 is 0 Å². The summed E-state index contributed by atoms with van der Waals surface area (Å²) in [6.45, 7) is 1.09. The van der Waals surface area contributed by atoms with Crippen LogP contribution in [0.15, 0.2) is 44.9 Å². The van der Waals surface area contributed by atoms with Gasteiger partial charge in [-0.3, -0.25) is 14.9 Å². The number of nitrogens with zero attached hydrogens (tertiary/aromatic N) is 4. The van der Waals surface area contributed by atoms with Crippen molar-refractivity contribution in [1.29, 1.82) is 0 Å². The zero-order chi connectivity index (χ0) is 23.6. The van der Waals surface area contributed by atoms with Gasteiger partial charge in [-0.2, -0.15) is 21.1 Å². The summed E-state index contributed by atoms with van der Waals surface area (Å²) in [5.74, 6) is -0.0948. The molecular weight excluding hydrogens is 505 g/mol. The summed E-state index contributed by atoms with van der Waals surface area (Å²) in [4.78, 5) is 28.7. The minimum atomic E-state index is -3.62. The molecule has 1 amide bonds. The van der Waals surface area contributed by atoms with Crippen molar-refractivity contribution in [3.8, 4) is 0 Å². The molecule has 1 saturated heterocycles. The number of rotatable bonds is 7. The van der Waals surface area contributed by atoms with Crippen LogP contribution < -0.4 is 4.80 Å². The van der Waals surface area contributed by atoms with E-state index in [-0.39, 0.29) is 22.3 Å². The Morgan fingerprint density at radius 3 is 2.88 bits per heavy atom. The van der Waals surface area contributed by atoms with Crippen LogP contribution in [0.25, 0.3) is 10.2 Å². The van der Waals surface area contributed by atoms with Crippen LogP contribution in [0.1, 0.15) is 12.8 Å². The first-order chi connectivity index (χ1) is 15.8. The number of carbonyl (C=O) groups is 1. The minimum Gasteiger partial charge on any atom is -0.316 e. The lowest BCUT2D eigenvalue weighted by Crippen LogP contribution is -2.42. The fraction of sp³-hybridized carbons (Fsp3) is 0.400. The van der Waals surface area contributed by atoms with E-state index in [1.54, 1.807) is 35.3 Å². The molecule has 13 heteroatoms. The second kappa shape index (κ2) is 10.1. The van der Waals surface area contributed by atoms with E-state index in [1.165, 1.54) is 27.8 Å². The first kappa shape index (κ1) is 24.1. The molecule has 0 spiro atoms. The summed E-state index contributed by atoms with van der Waals surface area (Å²) >= 11 is 4.05. The van der Waals surface area contributed by atoms with Crippen molar-refractivity contribution in [2.75, 3.05) is 25.1 Å². The first-order valence-corrected chi connectivity index (χ1v) is 14.7. The highest BCUT2D eigenvalue weighted by Crippen LogP contribution is 2.27.